The lowest BCUT2D eigenvalue weighted by Gasteiger charge is -2.15. The highest BCUT2D eigenvalue weighted by Gasteiger charge is 2.12. The van der Waals surface area contributed by atoms with Crippen molar-refractivity contribution < 1.29 is 9.21 Å². The number of aryl methyl sites for hydroxylation is 1. The summed E-state index contributed by atoms with van der Waals surface area (Å²) in [5, 5.41) is 6.45. The van der Waals surface area contributed by atoms with E-state index in [9.17, 15) is 4.79 Å². The van der Waals surface area contributed by atoms with Crippen molar-refractivity contribution in [3.63, 3.8) is 0 Å². The van der Waals surface area contributed by atoms with Crippen LogP contribution in [-0.2, 0) is 12.3 Å². The molecule has 0 atom stereocenters. The Hall–Kier alpha value is -2.70. The van der Waals surface area contributed by atoms with Crippen LogP contribution in [0.25, 0.3) is 0 Å². The first-order valence-corrected chi connectivity index (χ1v) is 11.6. The number of benzene rings is 2. The minimum atomic E-state index is -0.0692. The third-order valence-electron chi connectivity index (χ3n) is 5.01. The summed E-state index contributed by atoms with van der Waals surface area (Å²) in [5.74, 6) is 3.49. The number of hydrogen-bond acceptors (Lipinski definition) is 5. The first-order valence-electron chi connectivity index (χ1n) is 10.4. The third-order valence-corrected chi connectivity index (χ3v) is 5.99. The van der Waals surface area contributed by atoms with E-state index in [0.717, 1.165) is 40.9 Å². The molecule has 1 amide bonds. The molecule has 0 aliphatic rings. The summed E-state index contributed by atoms with van der Waals surface area (Å²) >= 11 is 1.75. The molecule has 0 unspecified atom stereocenters. The average Bonchev–Trinajstić information content (AvgIpc) is 3.18. The van der Waals surface area contributed by atoms with E-state index in [-0.39, 0.29) is 5.91 Å². The molecule has 0 bridgehead atoms. The molecule has 0 aliphatic carbocycles. The molecule has 5 nitrogen and oxygen atoms in total. The lowest BCUT2D eigenvalue weighted by atomic mass is 10.1. The van der Waals surface area contributed by atoms with Crippen molar-refractivity contribution >= 4 is 29.0 Å². The Kier molecular flexibility index (Phi) is 8.20. The van der Waals surface area contributed by atoms with Crippen LogP contribution < -0.4 is 10.6 Å². The molecule has 164 valence electrons. The van der Waals surface area contributed by atoms with Crippen LogP contribution >= 0.6 is 11.8 Å². The highest BCUT2D eigenvalue weighted by molar-refractivity contribution is 7.98. The van der Waals surface area contributed by atoms with E-state index in [0.29, 0.717) is 12.1 Å². The fourth-order valence-electron chi connectivity index (χ4n) is 3.22. The number of nitrogens with zero attached hydrogens (tertiary/aromatic N) is 1. The van der Waals surface area contributed by atoms with E-state index in [1.807, 2.05) is 62.6 Å². The molecule has 1 aromatic heterocycles. The van der Waals surface area contributed by atoms with Gasteiger partial charge in [-0.05, 0) is 69.4 Å². The Morgan fingerprint density at radius 3 is 2.52 bits per heavy atom. The maximum Gasteiger partial charge on any atom is 0.253 e. The summed E-state index contributed by atoms with van der Waals surface area (Å²) in [4.78, 5) is 14.8. The minimum Gasteiger partial charge on any atom is -0.464 e. The molecule has 3 aromatic rings. The van der Waals surface area contributed by atoms with Crippen LogP contribution in [0.2, 0.25) is 0 Å². The zero-order valence-corrected chi connectivity index (χ0v) is 19.5. The number of nitrogens with one attached hydrogen (secondary N) is 2. The number of para-hydroxylation sites is 1. The molecule has 0 aliphatic heterocycles. The monoisotopic (exact) mass is 437 g/mol. The van der Waals surface area contributed by atoms with Gasteiger partial charge in [-0.25, -0.2) is 0 Å². The second-order valence-electron chi connectivity index (χ2n) is 7.83. The Morgan fingerprint density at radius 1 is 0.968 bits per heavy atom. The fraction of sp³-hybridized carbons (Fsp3) is 0.320. The largest absolute Gasteiger partial charge is 0.464 e. The maximum absolute atomic E-state index is 12.8. The van der Waals surface area contributed by atoms with Crippen LogP contribution in [0, 0.1) is 13.8 Å². The standard InChI is InChI=1S/C25H31N3O2S/c1-18-8-7-11-23(19(18)2)27-24-10-6-5-9-22(24)25(29)26-14-15-31-17-21-13-12-20(30-21)16-28(3)4/h5-13,27H,14-17H2,1-4H3,(H,26,29). The molecule has 0 fully saturated rings. The number of thioether (sulfide) groups is 1. The maximum atomic E-state index is 12.8. The van der Waals surface area contributed by atoms with Gasteiger partial charge in [0.1, 0.15) is 11.5 Å². The van der Waals surface area contributed by atoms with Gasteiger partial charge < -0.3 is 20.0 Å². The molecular weight excluding hydrogens is 406 g/mol. The van der Waals surface area contributed by atoms with E-state index in [1.165, 1.54) is 11.1 Å². The highest BCUT2D eigenvalue weighted by atomic mass is 32.2. The number of carbonyl (C=O) groups excluding carboxylic acids is 1. The zero-order chi connectivity index (χ0) is 22.2. The summed E-state index contributed by atoms with van der Waals surface area (Å²) in [5.41, 5.74) is 4.87. The first kappa shape index (κ1) is 23.0. The van der Waals surface area contributed by atoms with Crippen molar-refractivity contribution in [2.75, 3.05) is 31.7 Å². The molecule has 6 heteroatoms. The van der Waals surface area contributed by atoms with Gasteiger partial charge in [-0.2, -0.15) is 11.8 Å². The number of hydrogen-bond donors (Lipinski definition) is 2. The Morgan fingerprint density at radius 2 is 1.71 bits per heavy atom. The van der Waals surface area contributed by atoms with E-state index < -0.39 is 0 Å². The van der Waals surface area contributed by atoms with Crippen molar-refractivity contribution in [2.24, 2.45) is 0 Å². The summed E-state index contributed by atoms with van der Waals surface area (Å²) in [7, 11) is 4.05. The summed E-state index contributed by atoms with van der Waals surface area (Å²) in [6, 6.07) is 17.8. The van der Waals surface area contributed by atoms with Crippen molar-refractivity contribution in [2.45, 2.75) is 26.1 Å². The molecule has 1 heterocycles. The van der Waals surface area contributed by atoms with Crippen molar-refractivity contribution in [1.29, 1.82) is 0 Å². The number of anilines is 2. The van der Waals surface area contributed by atoms with Gasteiger partial charge in [0.05, 0.1) is 23.5 Å². The molecule has 31 heavy (non-hydrogen) atoms. The quantitative estimate of drug-likeness (QED) is 0.418. The van der Waals surface area contributed by atoms with E-state index >= 15 is 0 Å². The number of amides is 1. The van der Waals surface area contributed by atoms with Gasteiger partial charge in [0.25, 0.3) is 5.91 Å². The molecular formula is C25H31N3O2S. The van der Waals surface area contributed by atoms with E-state index in [4.69, 9.17) is 4.42 Å². The van der Waals surface area contributed by atoms with Gasteiger partial charge in [0, 0.05) is 18.0 Å². The minimum absolute atomic E-state index is 0.0692. The summed E-state index contributed by atoms with van der Waals surface area (Å²) in [6.45, 7) is 5.57. The predicted molar refractivity (Wildman–Crippen MR) is 130 cm³/mol. The van der Waals surface area contributed by atoms with Gasteiger partial charge in [0.2, 0.25) is 0 Å². The molecule has 3 rings (SSSR count). The van der Waals surface area contributed by atoms with Crippen molar-refractivity contribution in [1.82, 2.24) is 10.2 Å². The van der Waals surface area contributed by atoms with Crippen molar-refractivity contribution in [3.8, 4) is 0 Å². The van der Waals surface area contributed by atoms with Crippen LogP contribution in [0.4, 0.5) is 11.4 Å². The topological polar surface area (TPSA) is 57.5 Å². The van der Waals surface area contributed by atoms with Gasteiger partial charge >= 0.3 is 0 Å². The zero-order valence-electron chi connectivity index (χ0n) is 18.7. The lowest BCUT2D eigenvalue weighted by molar-refractivity contribution is 0.0957. The van der Waals surface area contributed by atoms with Gasteiger partial charge in [-0.3, -0.25) is 4.79 Å². The summed E-state index contributed by atoms with van der Waals surface area (Å²) in [6.07, 6.45) is 0. The van der Waals surface area contributed by atoms with Crippen molar-refractivity contribution in [3.05, 3.63) is 82.8 Å². The molecule has 2 N–H and O–H groups in total. The third kappa shape index (κ3) is 6.64. The molecule has 0 radical (unpaired) electrons. The number of carbonyl (C=O) groups is 1. The Bertz CT molecular complexity index is 1010. The van der Waals surface area contributed by atoms with Crippen LogP contribution in [0.3, 0.4) is 0 Å². The smallest absolute Gasteiger partial charge is 0.253 e. The van der Waals surface area contributed by atoms with Crippen LogP contribution in [0.15, 0.2) is 59.0 Å². The molecule has 0 saturated carbocycles. The van der Waals surface area contributed by atoms with Crippen LogP contribution in [0.5, 0.6) is 0 Å². The Labute approximate surface area is 189 Å². The molecule has 2 aromatic carbocycles. The van der Waals surface area contributed by atoms with Gasteiger partial charge in [0.15, 0.2) is 0 Å². The van der Waals surface area contributed by atoms with E-state index in [2.05, 4.69) is 35.4 Å². The van der Waals surface area contributed by atoms with Crippen LogP contribution in [0.1, 0.15) is 33.0 Å². The molecule has 0 saturated heterocycles. The van der Waals surface area contributed by atoms with Crippen LogP contribution in [-0.4, -0.2) is 37.2 Å². The van der Waals surface area contributed by atoms with Gasteiger partial charge in [-0.1, -0.05) is 24.3 Å². The SMILES string of the molecule is Cc1cccc(Nc2ccccc2C(=O)NCCSCc2ccc(CN(C)C)o2)c1C. The second-order valence-corrected chi connectivity index (χ2v) is 8.94. The number of rotatable bonds is 10. The Balaban J connectivity index is 1.50. The normalized spacial score (nSPS) is 11.0. The summed E-state index contributed by atoms with van der Waals surface area (Å²) < 4.78 is 5.82. The lowest BCUT2D eigenvalue weighted by Crippen LogP contribution is -2.26. The fourth-order valence-corrected chi connectivity index (χ4v) is 3.97. The predicted octanol–water partition coefficient (Wildman–Crippen LogP) is 5.36. The number of furan rings is 1. The van der Waals surface area contributed by atoms with E-state index in [1.54, 1.807) is 11.8 Å². The molecule has 0 spiro atoms. The van der Waals surface area contributed by atoms with Gasteiger partial charge in [-0.15, -0.1) is 0 Å². The second kappa shape index (κ2) is 11.1. The average molecular weight is 438 g/mol. The highest BCUT2D eigenvalue weighted by Crippen LogP contribution is 2.25. The first-order chi connectivity index (χ1) is 14.9.